The lowest BCUT2D eigenvalue weighted by molar-refractivity contribution is -0.141. The zero-order chi connectivity index (χ0) is 99.4. The monoisotopic (exact) mass is 1870 g/mol. The fourth-order valence-electron chi connectivity index (χ4n) is 16.2. The first-order valence-corrected chi connectivity index (χ1v) is 46.5. The molecule has 1 aromatic heterocycles. The van der Waals surface area contributed by atoms with Gasteiger partial charge in [-0.25, -0.2) is 15.6 Å². The number of aromatic amines is 1. The van der Waals surface area contributed by atoms with Gasteiger partial charge < -0.3 is 84.9 Å². The number of allylic oxidation sites excluding steroid dienone is 2. The Morgan fingerprint density at radius 1 is 0.597 bits per heavy atom. The highest BCUT2D eigenvalue weighted by Gasteiger charge is 2.45. The van der Waals surface area contributed by atoms with Crippen LogP contribution in [-0.4, -0.2) is 216 Å². The second kappa shape index (κ2) is 53.7. The van der Waals surface area contributed by atoms with Gasteiger partial charge in [0.05, 0.1) is 53.8 Å². The third-order valence-electron chi connectivity index (χ3n) is 25.0. The number of amides is 11. The lowest BCUT2D eigenvalue weighted by atomic mass is 9.78. The number of hydrazine groups is 1. The zero-order valence-corrected chi connectivity index (χ0v) is 79.0. The van der Waals surface area contributed by atoms with Gasteiger partial charge in [-0.15, -0.1) is 0 Å². The number of fused-ring (bicyclic) bond motifs is 1. The Kier molecular flexibility index (Phi) is 44.4. The van der Waals surface area contributed by atoms with Crippen molar-refractivity contribution in [1.82, 2.24) is 69.0 Å². The number of H-pyrrole nitrogens is 1. The average Bonchev–Trinajstić information content (AvgIpc) is 1.77. The number of hydrogen-bond donors (Lipinski definition) is 18. The van der Waals surface area contributed by atoms with Crippen LogP contribution in [0.2, 0.25) is 0 Å². The number of aliphatic hydroxyl groups is 1. The molecule has 2 heterocycles. The van der Waals surface area contributed by atoms with Crippen molar-refractivity contribution in [3.05, 3.63) is 119 Å². The van der Waals surface area contributed by atoms with E-state index in [1.54, 1.807) is 81.6 Å². The van der Waals surface area contributed by atoms with Crippen molar-refractivity contribution in [2.75, 3.05) is 6.54 Å². The summed E-state index contributed by atoms with van der Waals surface area (Å²) in [5.74, 6) is -21.7. The summed E-state index contributed by atoms with van der Waals surface area (Å²) in [6.07, 6.45) is 5.16. The standard InChI is InChI=1S/C97H139N15O22/c1-13-55(4)80(77(116)46-56(5)86(99)124)112-111-59(8)84(122)82(120)58(7)103-94(133)96(11)43-26-19-17-15-14-16-18-20-27-44-97(12,110-91(129)75(49-63-29-22-21-23-30-63)106-92(130)81(60(9)113)108-90(128)74(45-54(2)3)104-61(10)114)95(134)107-72(40-42-79(118)119)89(127)105-73(48-64-35-37-65(38-36-64)93(131)132)76(115)51-66(50-67-52-100-70-34-25-24-33-69(67)70)87(125)102-57(6)83(121)85(123)71(39-41-78(98)117)101-53-68(88(126)109-96)47-62-31-28-32-62/h15,17,21-25,29-30,33-38,52,54-60,62,66,68,71-75,80-81,100-101,111-113H,13-14,16,18-20,26-28,31-32,39-51,53H2,1-12H3,(H2,98,117)(H2,99,124)(H,102,125)(H,103,133)(H,104,114)(H,105,127)(H,106,130)(H,107,134)(H,108,128)(H,109,126)(H,110,129)(H,118,119)(H,131,132)/b17-15+/t55?,56-,57-,58?,59?,60+,66+,68+,71-,72-,73-,74-,75-,80-,81-,96-,97+/m0/s1. The van der Waals surface area contributed by atoms with E-state index < -0.39 is 233 Å². The summed E-state index contributed by atoms with van der Waals surface area (Å²) >= 11 is 0. The summed E-state index contributed by atoms with van der Waals surface area (Å²) in [6.45, 7) is 17.5. The quantitative estimate of drug-likeness (QED) is 0.0168. The summed E-state index contributed by atoms with van der Waals surface area (Å²) in [4.78, 5) is 272. The van der Waals surface area contributed by atoms with Crippen molar-refractivity contribution in [3.8, 4) is 0 Å². The topological polar surface area (TPSA) is 597 Å². The molecule has 1 saturated carbocycles. The van der Waals surface area contributed by atoms with Crippen LogP contribution in [0.25, 0.3) is 10.9 Å². The number of primary amides is 2. The molecule has 0 radical (unpaired) electrons. The molecule has 4 aromatic rings. The number of benzene rings is 3. The molecule has 2 aliphatic rings. The number of aromatic carboxylic acids is 1. The van der Waals surface area contributed by atoms with E-state index in [4.69, 9.17) is 11.5 Å². The highest BCUT2D eigenvalue weighted by atomic mass is 16.4. The molecule has 6 rings (SSSR count). The number of nitrogens with two attached hydrogens (primary N) is 2. The minimum atomic E-state index is -2.08. The average molecular weight is 1870 g/mol. The van der Waals surface area contributed by atoms with Gasteiger partial charge in [0.2, 0.25) is 88.1 Å². The van der Waals surface area contributed by atoms with Crippen LogP contribution in [-0.2, 0) is 106 Å². The van der Waals surface area contributed by atoms with E-state index in [1.807, 2.05) is 19.1 Å². The van der Waals surface area contributed by atoms with Gasteiger partial charge >= 0.3 is 11.9 Å². The number of aliphatic carboxylic acids is 1. The first-order valence-electron chi connectivity index (χ1n) is 46.5. The summed E-state index contributed by atoms with van der Waals surface area (Å²) in [7, 11) is 0. The predicted octanol–water partition coefficient (Wildman–Crippen LogP) is 4.33. The fraction of sp³-hybridized carbons (Fsp3) is 0.577. The molecule has 0 saturated heterocycles. The maximum atomic E-state index is 15.6. The van der Waals surface area contributed by atoms with Crippen molar-refractivity contribution in [3.63, 3.8) is 0 Å². The molecule has 11 amide bonds. The number of rotatable bonds is 39. The zero-order valence-electron chi connectivity index (χ0n) is 79.0. The summed E-state index contributed by atoms with van der Waals surface area (Å²) < 4.78 is 0. The van der Waals surface area contributed by atoms with Gasteiger partial charge in [-0.3, -0.25) is 86.3 Å². The normalized spacial score (nSPS) is 22.9. The number of hydrogen-bond acceptors (Lipinski definition) is 23. The molecule has 1 aliphatic heterocycles. The van der Waals surface area contributed by atoms with Crippen LogP contribution in [0.1, 0.15) is 245 Å². The maximum Gasteiger partial charge on any atom is 0.335 e. The van der Waals surface area contributed by atoms with Crippen molar-refractivity contribution in [2.24, 2.45) is 47.0 Å². The van der Waals surface area contributed by atoms with E-state index in [2.05, 4.69) is 69.0 Å². The number of ketones is 6. The minimum absolute atomic E-state index is 0.0153. The van der Waals surface area contributed by atoms with Gasteiger partial charge in [-0.05, 0) is 171 Å². The number of carbonyl (C=O) groups excluding carboxylic acids is 17. The number of carboxylic acid groups (broad SMARTS) is 2. The first kappa shape index (κ1) is 111. The van der Waals surface area contributed by atoms with Crippen LogP contribution in [0.3, 0.4) is 0 Å². The highest BCUT2D eigenvalue weighted by molar-refractivity contribution is 6.41. The smallest absolute Gasteiger partial charge is 0.335 e. The van der Waals surface area contributed by atoms with Crippen molar-refractivity contribution in [2.45, 2.75) is 315 Å². The van der Waals surface area contributed by atoms with Crippen molar-refractivity contribution >= 4 is 123 Å². The molecule has 1 aliphatic carbocycles. The van der Waals surface area contributed by atoms with E-state index in [0.29, 0.717) is 73.4 Å². The number of Topliss-reactive ketones (excluding diaryl/α,β-unsaturated/α-hetero) is 6. The maximum absolute atomic E-state index is 15.6. The first-order chi connectivity index (χ1) is 63.2. The van der Waals surface area contributed by atoms with Gasteiger partial charge in [0.15, 0.2) is 11.6 Å². The third-order valence-corrected chi connectivity index (χ3v) is 25.0. The van der Waals surface area contributed by atoms with E-state index in [-0.39, 0.29) is 105 Å². The van der Waals surface area contributed by atoms with Crippen LogP contribution in [0, 0.1) is 35.5 Å². The van der Waals surface area contributed by atoms with E-state index in [0.717, 1.165) is 6.42 Å². The molecule has 3 unspecified atom stereocenters. The van der Waals surface area contributed by atoms with E-state index in [9.17, 15) is 72.9 Å². The van der Waals surface area contributed by atoms with Gasteiger partial charge in [0, 0.05) is 74.5 Å². The molecule has 134 heavy (non-hydrogen) atoms. The summed E-state index contributed by atoms with van der Waals surface area (Å²) in [5, 5.41) is 59.0. The molecule has 0 bridgehead atoms. The molecular weight excluding hydrogens is 1730 g/mol. The van der Waals surface area contributed by atoms with Gasteiger partial charge in [-0.1, -0.05) is 152 Å². The third kappa shape index (κ3) is 35.1. The molecule has 1 fully saturated rings. The Morgan fingerprint density at radius 2 is 1.24 bits per heavy atom. The highest BCUT2D eigenvalue weighted by Crippen LogP contribution is 2.34. The Balaban J connectivity index is 1.44. The Morgan fingerprint density at radius 3 is 1.85 bits per heavy atom. The largest absolute Gasteiger partial charge is 0.481 e. The molecule has 3 aromatic carbocycles. The number of carbonyl (C=O) groups is 19. The van der Waals surface area contributed by atoms with Crippen LogP contribution in [0.5, 0.6) is 0 Å². The lowest BCUT2D eigenvalue weighted by Crippen LogP contribution is -2.65. The fourth-order valence-corrected chi connectivity index (χ4v) is 16.2. The van der Waals surface area contributed by atoms with Crippen LogP contribution < -0.4 is 75.5 Å². The molecular formula is C97H139N15O22. The molecule has 0 spiro atoms. The number of carboxylic acids is 2. The second-order valence-corrected chi connectivity index (χ2v) is 36.9. The molecule has 20 N–H and O–H groups in total. The number of aromatic nitrogens is 1. The van der Waals surface area contributed by atoms with E-state index in [1.165, 1.54) is 79.7 Å². The molecule has 734 valence electrons. The lowest BCUT2D eigenvalue weighted by Gasteiger charge is -2.35. The second-order valence-electron chi connectivity index (χ2n) is 36.9. The number of nitrogens with one attached hydrogen (secondary N) is 13. The van der Waals surface area contributed by atoms with Gasteiger partial charge in [0.1, 0.15) is 35.2 Å². The molecule has 37 heteroatoms. The number of aliphatic hydroxyl groups excluding tert-OH is 1. The van der Waals surface area contributed by atoms with Gasteiger partial charge in [0.25, 0.3) is 0 Å². The molecule has 17 atom stereocenters. The number of para-hydroxylation sites is 1. The Labute approximate surface area is 782 Å². The summed E-state index contributed by atoms with van der Waals surface area (Å²) in [5.41, 5.74) is 14.5. The van der Waals surface area contributed by atoms with Crippen molar-refractivity contribution < 1.29 is 106 Å². The van der Waals surface area contributed by atoms with E-state index >= 15 is 33.6 Å². The van der Waals surface area contributed by atoms with Gasteiger partial charge in [-0.2, -0.15) is 0 Å². The Bertz CT molecular complexity index is 4820. The van der Waals surface area contributed by atoms with Crippen LogP contribution in [0.4, 0.5) is 0 Å². The minimum Gasteiger partial charge on any atom is -0.481 e. The van der Waals surface area contributed by atoms with Crippen molar-refractivity contribution in [1.29, 1.82) is 0 Å². The Hall–Kier alpha value is -12.1. The summed E-state index contributed by atoms with van der Waals surface area (Å²) in [6, 6.07) is 5.66. The van der Waals surface area contributed by atoms with Crippen LogP contribution in [0.15, 0.2) is 97.2 Å². The molecule has 37 nitrogen and oxygen atoms in total. The SMILES string of the molecule is CCC(C)[C@H](NNC(C)C(=O)C(=O)C(C)NC(=O)[C@]1(C)CCC/C=C/CCCCCC[C@@](C)(NC(=O)[C@H](Cc2ccccc2)NC(=O)[C@@H](NC(=O)[C@H](CC(C)C)NC(C)=O)[C@@H](C)O)C(=O)N[C@@H](CCC(=O)O)C(=O)N[C@@H](Cc2ccc(C(=O)O)cc2)C(=O)C[C@@H](Cc2c[nH]c3ccccc23)C(=O)N[C@@H](C)C(=O)C(=O)[C@H](CCC(N)=O)NC[C@@H](CC2CCC2)C(=O)N1)C(=O)C[C@H](C)C(N)=O. The van der Waals surface area contributed by atoms with Crippen LogP contribution >= 0.6 is 0 Å². The predicted molar refractivity (Wildman–Crippen MR) is 497 cm³/mol.